The molecule has 0 aromatic rings. The quantitative estimate of drug-likeness (QED) is 0.818. The summed E-state index contributed by atoms with van der Waals surface area (Å²) < 4.78 is 5.53. The molecule has 1 heterocycles. The summed E-state index contributed by atoms with van der Waals surface area (Å²) in [4.78, 5) is 2.63. The van der Waals surface area contributed by atoms with Gasteiger partial charge in [0.2, 0.25) is 0 Å². The Kier molecular flexibility index (Phi) is 5.63. The van der Waals surface area contributed by atoms with Gasteiger partial charge in [-0.15, -0.1) is 0 Å². The lowest BCUT2D eigenvalue weighted by molar-refractivity contribution is 0.00300. The first-order valence-electron chi connectivity index (χ1n) is 7.36. The summed E-state index contributed by atoms with van der Waals surface area (Å²) in [5.41, 5.74) is 0.254. The number of ether oxygens (including phenoxy) is 1. The zero-order chi connectivity index (χ0) is 13.8. The van der Waals surface area contributed by atoms with E-state index in [-0.39, 0.29) is 11.1 Å². The average molecular weight is 256 g/mol. The van der Waals surface area contributed by atoms with E-state index in [0.29, 0.717) is 6.04 Å². The Morgan fingerprint density at radius 1 is 1.44 bits per heavy atom. The Morgan fingerprint density at radius 2 is 2.11 bits per heavy atom. The van der Waals surface area contributed by atoms with Crippen molar-refractivity contribution < 1.29 is 4.74 Å². The second-order valence-corrected chi connectivity index (χ2v) is 6.66. The normalized spacial score (nSPS) is 31.3. The first-order valence-corrected chi connectivity index (χ1v) is 7.36. The van der Waals surface area contributed by atoms with Gasteiger partial charge in [-0.25, -0.2) is 0 Å². The van der Waals surface area contributed by atoms with E-state index in [0.717, 1.165) is 26.1 Å². The van der Waals surface area contributed by atoms with Crippen LogP contribution in [0.15, 0.2) is 0 Å². The average Bonchev–Trinajstić information content (AvgIpc) is 2.47. The minimum Gasteiger partial charge on any atom is -0.379 e. The maximum Gasteiger partial charge on any atom is 0.0634 e. The highest BCUT2D eigenvalue weighted by Crippen LogP contribution is 2.21. The zero-order valence-corrected chi connectivity index (χ0v) is 13.2. The van der Waals surface area contributed by atoms with Crippen molar-refractivity contribution in [3.8, 4) is 0 Å². The van der Waals surface area contributed by atoms with Gasteiger partial charge >= 0.3 is 0 Å². The lowest BCUT2D eigenvalue weighted by Crippen LogP contribution is -2.50. The highest BCUT2D eigenvalue weighted by Gasteiger charge is 2.31. The molecular formula is C15H32N2O. The number of rotatable bonds is 5. The molecule has 3 nitrogen and oxygen atoms in total. The second kappa shape index (κ2) is 6.36. The third-order valence-corrected chi connectivity index (χ3v) is 4.62. The predicted molar refractivity (Wildman–Crippen MR) is 78.1 cm³/mol. The van der Waals surface area contributed by atoms with E-state index in [1.165, 1.54) is 12.8 Å². The number of hydrogen-bond acceptors (Lipinski definition) is 3. The van der Waals surface area contributed by atoms with Crippen LogP contribution in [0.25, 0.3) is 0 Å². The van der Waals surface area contributed by atoms with Gasteiger partial charge in [-0.2, -0.15) is 0 Å². The molecule has 1 aliphatic heterocycles. The number of nitrogens with one attached hydrogen (secondary N) is 1. The van der Waals surface area contributed by atoms with Crippen molar-refractivity contribution in [2.45, 2.75) is 71.1 Å². The maximum atomic E-state index is 5.53. The topological polar surface area (TPSA) is 24.5 Å². The molecule has 2 atom stereocenters. The smallest absolute Gasteiger partial charge is 0.0634 e. The van der Waals surface area contributed by atoms with Crippen LogP contribution in [0, 0.1) is 0 Å². The van der Waals surface area contributed by atoms with Gasteiger partial charge in [-0.1, -0.05) is 6.92 Å². The van der Waals surface area contributed by atoms with Crippen molar-refractivity contribution in [1.82, 2.24) is 10.2 Å². The van der Waals surface area contributed by atoms with Crippen molar-refractivity contribution in [2.75, 3.05) is 26.7 Å². The van der Waals surface area contributed by atoms with Crippen molar-refractivity contribution >= 4 is 0 Å². The van der Waals surface area contributed by atoms with Crippen LogP contribution in [0.1, 0.15) is 53.9 Å². The van der Waals surface area contributed by atoms with Gasteiger partial charge in [0.1, 0.15) is 0 Å². The summed E-state index contributed by atoms with van der Waals surface area (Å²) in [6.45, 7) is 14.7. The van der Waals surface area contributed by atoms with E-state index >= 15 is 0 Å². The summed E-state index contributed by atoms with van der Waals surface area (Å²) in [5.74, 6) is 0. The molecule has 1 N–H and O–H groups in total. The predicted octanol–water partition coefficient (Wildman–Crippen LogP) is 2.65. The van der Waals surface area contributed by atoms with Gasteiger partial charge in [0.05, 0.1) is 5.60 Å². The van der Waals surface area contributed by atoms with Crippen LogP contribution in [0.3, 0.4) is 0 Å². The summed E-state index contributed by atoms with van der Waals surface area (Å²) in [6, 6.07) is 0.665. The van der Waals surface area contributed by atoms with Crippen LogP contribution in [0.5, 0.6) is 0 Å². The van der Waals surface area contributed by atoms with E-state index in [1.54, 1.807) is 0 Å². The van der Waals surface area contributed by atoms with Gasteiger partial charge in [0.25, 0.3) is 0 Å². The van der Waals surface area contributed by atoms with Gasteiger partial charge in [0, 0.05) is 31.8 Å². The monoisotopic (exact) mass is 256 g/mol. The second-order valence-electron chi connectivity index (χ2n) is 6.66. The fourth-order valence-electron chi connectivity index (χ4n) is 2.48. The Bertz CT molecular complexity index is 255. The molecule has 3 heteroatoms. The molecule has 0 radical (unpaired) electrons. The highest BCUT2D eigenvalue weighted by atomic mass is 16.5. The first kappa shape index (κ1) is 15.9. The molecule has 1 aliphatic rings. The minimum atomic E-state index is -0.0118. The summed E-state index contributed by atoms with van der Waals surface area (Å²) in [5, 5.41) is 3.71. The molecule has 0 amide bonds. The number of methoxy groups -OCH3 is 1. The van der Waals surface area contributed by atoms with Crippen LogP contribution >= 0.6 is 0 Å². The molecule has 0 aromatic heterocycles. The van der Waals surface area contributed by atoms with Crippen molar-refractivity contribution in [3.05, 3.63) is 0 Å². The largest absolute Gasteiger partial charge is 0.379 e. The van der Waals surface area contributed by atoms with Gasteiger partial charge in [0.15, 0.2) is 0 Å². The van der Waals surface area contributed by atoms with Gasteiger partial charge < -0.3 is 10.1 Å². The zero-order valence-electron chi connectivity index (χ0n) is 13.2. The van der Waals surface area contributed by atoms with Crippen LogP contribution in [-0.2, 0) is 4.74 Å². The standard InChI is InChI=1S/C15H32N2O/c1-7-15(5)12-17(13(2)8-10-16-15)11-9-14(3,4)18-6/h13,16H,7-12H2,1-6H3. The number of nitrogens with zero attached hydrogens (tertiary/aromatic N) is 1. The summed E-state index contributed by atoms with van der Waals surface area (Å²) >= 11 is 0. The molecule has 1 fully saturated rings. The Morgan fingerprint density at radius 3 is 2.67 bits per heavy atom. The Labute approximate surface area is 113 Å². The molecule has 1 saturated heterocycles. The molecule has 0 aliphatic carbocycles. The van der Waals surface area contributed by atoms with Crippen LogP contribution in [-0.4, -0.2) is 48.8 Å². The highest BCUT2D eigenvalue weighted by molar-refractivity contribution is 4.91. The fraction of sp³-hybridized carbons (Fsp3) is 1.00. The molecule has 0 bridgehead atoms. The molecule has 2 unspecified atom stereocenters. The Balaban J connectivity index is 2.60. The van der Waals surface area contributed by atoms with E-state index in [1.807, 2.05) is 7.11 Å². The Hall–Kier alpha value is -0.120. The maximum absolute atomic E-state index is 5.53. The van der Waals surface area contributed by atoms with E-state index in [4.69, 9.17) is 4.74 Å². The van der Waals surface area contributed by atoms with E-state index in [2.05, 4.69) is 44.8 Å². The molecule has 18 heavy (non-hydrogen) atoms. The van der Waals surface area contributed by atoms with E-state index in [9.17, 15) is 0 Å². The lowest BCUT2D eigenvalue weighted by atomic mass is 9.97. The van der Waals surface area contributed by atoms with Crippen LogP contribution < -0.4 is 5.32 Å². The summed E-state index contributed by atoms with van der Waals surface area (Å²) in [7, 11) is 1.81. The minimum absolute atomic E-state index is 0.0118. The number of hydrogen-bond donors (Lipinski definition) is 1. The van der Waals surface area contributed by atoms with Crippen molar-refractivity contribution in [3.63, 3.8) is 0 Å². The van der Waals surface area contributed by atoms with Crippen LogP contribution in [0.2, 0.25) is 0 Å². The molecule has 0 spiro atoms. The third kappa shape index (κ3) is 4.52. The van der Waals surface area contributed by atoms with Crippen molar-refractivity contribution in [2.24, 2.45) is 0 Å². The SMILES string of the molecule is CCC1(C)CN(CCC(C)(C)OC)C(C)CCN1. The van der Waals surface area contributed by atoms with Gasteiger partial charge in [-0.3, -0.25) is 4.90 Å². The first-order chi connectivity index (χ1) is 8.32. The lowest BCUT2D eigenvalue weighted by Gasteiger charge is -2.36. The molecule has 1 rings (SSSR count). The molecule has 108 valence electrons. The van der Waals surface area contributed by atoms with Crippen molar-refractivity contribution in [1.29, 1.82) is 0 Å². The molecular weight excluding hydrogens is 224 g/mol. The molecule has 0 aromatic carbocycles. The fourth-order valence-corrected chi connectivity index (χ4v) is 2.48. The third-order valence-electron chi connectivity index (χ3n) is 4.62. The van der Waals surface area contributed by atoms with Gasteiger partial charge in [-0.05, 0) is 53.5 Å². The van der Waals surface area contributed by atoms with Crippen LogP contribution in [0.4, 0.5) is 0 Å². The van der Waals surface area contributed by atoms with E-state index < -0.39 is 0 Å². The summed E-state index contributed by atoms with van der Waals surface area (Å²) in [6.07, 6.45) is 3.51. The molecule has 0 saturated carbocycles.